The number of anilines is 1. The number of rotatable bonds is 2. The van der Waals surface area contributed by atoms with Gasteiger partial charge in [-0.25, -0.2) is 0 Å². The average molecular weight is 904 g/mol. The highest BCUT2D eigenvalue weighted by molar-refractivity contribution is 6.20. The molecule has 0 saturated heterocycles. The summed E-state index contributed by atoms with van der Waals surface area (Å²) >= 11 is 0. The van der Waals surface area contributed by atoms with Crippen molar-refractivity contribution < 1.29 is 88.6 Å². The molecule has 1 aromatic carbocycles. The number of aliphatic hydroxyl groups is 5. The maximum atomic E-state index is 13.9. The second-order valence-corrected chi connectivity index (χ2v) is 16.3. The molecule has 1 aliphatic carbocycles. The number of carbonyl (C=O) groups is 6. The first-order valence-corrected chi connectivity index (χ1v) is 20.0. The van der Waals surface area contributed by atoms with Crippen LogP contribution in [0.4, 0.5) is 5.69 Å². The van der Waals surface area contributed by atoms with Gasteiger partial charge < -0.3 is 65.1 Å². The van der Waals surface area contributed by atoms with Crippen LogP contribution in [0.15, 0.2) is 52.5 Å². The first-order chi connectivity index (χ1) is 29.4. The lowest BCUT2D eigenvalue weighted by Gasteiger charge is -2.41. The number of methoxy groups -OCH3 is 1. The van der Waals surface area contributed by atoms with Gasteiger partial charge in [-0.15, -0.1) is 0 Å². The van der Waals surface area contributed by atoms with Crippen LogP contribution in [0.25, 0.3) is 5.57 Å². The lowest BCUT2D eigenvalue weighted by molar-refractivity contribution is -0.183. The number of aliphatic hydroxyl groups excluding tert-OH is 3. The SMILES string of the molecule is CC(=O)O.CC(=O)O.COC(=O)C1C(O)C(C)C(O)C(C)(O)/C=C\C=C(/C)C(=O)Nc2c(C)c(C)c3c(c2O)C(=O)C(C)=C2OCOC(=C23)/C(C)=C/C(C)(O)C(O)C(C)C1OC(C)=O. The minimum Gasteiger partial charge on any atom is -0.505 e. The predicted molar refractivity (Wildman–Crippen MR) is 229 cm³/mol. The van der Waals surface area contributed by atoms with Gasteiger partial charge in [0.25, 0.3) is 17.8 Å². The van der Waals surface area contributed by atoms with E-state index in [0.29, 0.717) is 11.1 Å². The summed E-state index contributed by atoms with van der Waals surface area (Å²) in [6.07, 6.45) is -2.02. The number of fused-ring (bicyclic) bond motifs is 14. The summed E-state index contributed by atoms with van der Waals surface area (Å²) in [4.78, 5) is 71.2. The normalized spacial score (nSPS) is 30.8. The maximum Gasteiger partial charge on any atom is 0.315 e. The Morgan fingerprint density at radius 2 is 1.31 bits per heavy atom. The number of amides is 1. The van der Waals surface area contributed by atoms with Crippen LogP contribution in [0, 0.1) is 31.6 Å². The predicted octanol–water partition coefficient (Wildman–Crippen LogP) is 3.36. The second-order valence-electron chi connectivity index (χ2n) is 16.3. The first-order valence-electron chi connectivity index (χ1n) is 20.0. The number of esters is 2. The summed E-state index contributed by atoms with van der Waals surface area (Å²) in [7, 11) is 1.03. The molecule has 5 rings (SSSR count). The lowest BCUT2D eigenvalue weighted by atomic mass is 9.74. The molecule has 0 spiro atoms. The highest BCUT2D eigenvalue weighted by atomic mass is 16.7. The van der Waals surface area contributed by atoms with Gasteiger partial charge in [-0.05, 0) is 71.2 Å². The Hall–Kier alpha value is -5.86. The van der Waals surface area contributed by atoms with E-state index in [1.807, 2.05) is 0 Å². The zero-order valence-electron chi connectivity index (χ0n) is 38.2. The van der Waals surface area contributed by atoms with E-state index in [0.717, 1.165) is 27.9 Å². The number of Topliss-reactive ketones (excluding diaryl/α,β-unsaturated/α-hetero) is 1. The van der Waals surface area contributed by atoms with E-state index in [2.05, 4.69) is 5.32 Å². The van der Waals surface area contributed by atoms with Gasteiger partial charge in [0.1, 0.15) is 34.7 Å². The van der Waals surface area contributed by atoms with Gasteiger partial charge in [-0.2, -0.15) is 0 Å². The number of carbonyl (C=O) groups excluding carboxylic acids is 4. The molecule has 0 radical (unpaired) electrons. The summed E-state index contributed by atoms with van der Waals surface area (Å²) in [5.41, 5.74) is -2.50. The van der Waals surface area contributed by atoms with Crippen LogP contribution < -0.4 is 5.32 Å². The first kappa shape index (κ1) is 54.3. The number of phenols is 1. The Kier molecular flexibility index (Phi) is 18.4. The highest BCUT2D eigenvalue weighted by Gasteiger charge is 2.50. The molecule has 3 heterocycles. The van der Waals surface area contributed by atoms with Crippen LogP contribution in [0.2, 0.25) is 0 Å². The maximum absolute atomic E-state index is 13.9. The Bertz CT molecular complexity index is 2150. The molecule has 9 N–H and O–H groups in total. The molecule has 19 heteroatoms. The fourth-order valence-electron chi connectivity index (χ4n) is 7.61. The minimum atomic E-state index is -2.17. The Morgan fingerprint density at radius 3 is 1.83 bits per heavy atom. The van der Waals surface area contributed by atoms with E-state index in [-0.39, 0.29) is 57.4 Å². The van der Waals surface area contributed by atoms with Crippen molar-refractivity contribution in [3.05, 3.63) is 74.8 Å². The molecule has 354 valence electrons. The quantitative estimate of drug-likeness (QED) is 0.152. The lowest BCUT2D eigenvalue weighted by Crippen LogP contribution is -2.55. The van der Waals surface area contributed by atoms with Crippen LogP contribution in [0.3, 0.4) is 0 Å². The van der Waals surface area contributed by atoms with Gasteiger partial charge in [0.2, 0.25) is 6.79 Å². The number of phenolic OH excluding ortho intramolecular Hbond substituents is 1. The summed E-state index contributed by atoms with van der Waals surface area (Å²) in [5, 5.41) is 87.2. The molecule has 1 amide bonds. The highest BCUT2D eigenvalue weighted by Crippen LogP contribution is 2.50. The molecule has 4 aliphatic rings. The van der Waals surface area contributed by atoms with Crippen LogP contribution in [-0.2, 0) is 42.9 Å². The van der Waals surface area contributed by atoms with Crippen molar-refractivity contribution in [1.82, 2.24) is 0 Å². The third kappa shape index (κ3) is 12.2. The number of aliphatic carboxylic acids is 2. The van der Waals surface area contributed by atoms with E-state index in [1.165, 1.54) is 65.8 Å². The third-order valence-electron chi connectivity index (χ3n) is 11.0. The van der Waals surface area contributed by atoms with Crippen LogP contribution in [-0.4, -0.2) is 126 Å². The number of ether oxygens (including phenoxy) is 4. The van der Waals surface area contributed by atoms with Crippen LogP contribution >= 0.6 is 0 Å². The fourth-order valence-corrected chi connectivity index (χ4v) is 7.61. The van der Waals surface area contributed by atoms with Crippen LogP contribution in [0.1, 0.15) is 96.3 Å². The molecule has 0 aromatic heterocycles. The molecule has 9 atom stereocenters. The zero-order valence-corrected chi connectivity index (χ0v) is 38.2. The number of carboxylic acids is 2. The van der Waals surface area contributed by atoms with Gasteiger partial charge in [-0.1, -0.05) is 32.1 Å². The number of benzene rings is 1. The third-order valence-corrected chi connectivity index (χ3v) is 11.0. The molecule has 3 aliphatic heterocycles. The molecule has 4 bridgehead atoms. The van der Waals surface area contributed by atoms with Crippen molar-refractivity contribution in [2.24, 2.45) is 17.8 Å². The number of ketones is 1. The average Bonchev–Trinajstić information content (AvgIpc) is 3.19. The molecular weight excluding hydrogens is 842 g/mol. The summed E-state index contributed by atoms with van der Waals surface area (Å²) < 4.78 is 22.4. The molecular formula is C45H61NO18. The van der Waals surface area contributed by atoms with Gasteiger partial charge >= 0.3 is 11.9 Å². The van der Waals surface area contributed by atoms with Crippen molar-refractivity contribution in [1.29, 1.82) is 0 Å². The number of aromatic hydroxyl groups is 1. The number of hydrogen-bond acceptors (Lipinski definition) is 16. The minimum absolute atomic E-state index is 0.0224. The van der Waals surface area contributed by atoms with Gasteiger partial charge in [0.05, 0.1) is 42.2 Å². The molecule has 0 fully saturated rings. The molecule has 0 saturated carbocycles. The Labute approximate surface area is 371 Å². The molecule has 1 aromatic rings. The van der Waals surface area contributed by atoms with Gasteiger partial charge in [-0.3, -0.25) is 28.8 Å². The van der Waals surface area contributed by atoms with E-state index < -0.39 is 94.7 Å². The van der Waals surface area contributed by atoms with Gasteiger partial charge in [0, 0.05) is 49.3 Å². The van der Waals surface area contributed by atoms with Crippen molar-refractivity contribution >= 4 is 46.8 Å². The van der Waals surface area contributed by atoms with Crippen molar-refractivity contribution in [3.8, 4) is 5.75 Å². The van der Waals surface area contributed by atoms with Crippen LogP contribution in [0.5, 0.6) is 5.75 Å². The zero-order chi connectivity index (χ0) is 49.5. The second kappa shape index (κ2) is 21.7. The molecule has 19 nitrogen and oxygen atoms in total. The Balaban J connectivity index is 0.00000162. The van der Waals surface area contributed by atoms with Crippen molar-refractivity contribution in [3.63, 3.8) is 0 Å². The summed E-state index contributed by atoms with van der Waals surface area (Å²) in [6, 6.07) is 0. The van der Waals surface area contributed by atoms with Crippen molar-refractivity contribution in [2.45, 2.75) is 119 Å². The largest absolute Gasteiger partial charge is 0.505 e. The van der Waals surface area contributed by atoms with E-state index in [4.69, 9.17) is 38.7 Å². The summed E-state index contributed by atoms with van der Waals surface area (Å²) in [6.45, 7) is 16.0. The Morgan fingerprint density at radius 1 is 0.797 bits per heavy atom. The molecule has 64 heavy (non-hydrogen) atoms. The molecule has 9 unspecified atom stereocenters. The monoisotopic (exact) mass is 903 g/mol. The standard InChI is InChI=1S/C41H53NO14.2C2H4O2/c1-17-13-12-14-40(9,51)36(47)22(6)31(45)28(39(50)53-11)35(56-24(8)43)23(7)37(48)41(10,52)15-18(2)33-27-25-19(3)20(4)29(42-38(17)49)32(46)26(25)30(44)21(5)34(27)55-16-54-33;2*1-2(3)4/h12-15,22-23,28,31,35-37,45-48,51-52H,16H2,1-11H3,(H,42,49);2*1H3,(H,3,4)/b14-12-,17-13+,18-15+;;. The number of carboxylic acid groups (broad SMARTS) is 2. The number of allylic oxidation sites excluding steroid dienone is 5. The van der Waals surface area contributed by atoms with E-state index >= 15 is 0 Å². The number of nitrogens with one attached hydrogen (secondary N) is 1. The van der Waals surface area contributed by atoms with E-state index in [1.54, 1.807) is 20.8 Å². The topological polar surface area (TPSA) is 313 Å². The van der Waals surface area contributed by atoms with Crippen molar-refractivity contribution in [2.75, 3.05) is 19.2 Å². The smallest absolute Gasteiger partial charge is 0.315 e. The fraction of sp³-hybridized carbons (Fsp3) is 0.511. The van der Waals surface area contributed by atoms with E-state index in [9.17, 15) is 49.8 Å². The number of hydrogen-bond donors (Lipinski definition) is 9. The summed E-state index contributed by atoms with van der Waals surface area (Å²) in [5.74, 6) is -9.44. The van der Waals surface area contributed by atoms with Gasteiger partial charge in [0.15, 0.2) is 11.5 Å².